The first-order valence-electron chi connectivity index (χ1n) is 7.37. The van der Waals surface area contributed by atoms with Gasteiger partial charge < -0.3 is 15.5 Å². The smallest absolute Gasteiger partial charge is 0.233 e. The Morgan fingerprint density at radius 3 is 2.62 bits per heavy atom. The van der Waals surface area contributed by atoms with Crippen LogP contribution in [0.3, 0.4) is 0 Å². The first-order chi connectivity index (χ1) is 10.0. The molecule has 0 radical (unpaired) electrons. The molecular formula is C16H23N3OS. The molecule has 1 amide bonds. The van der Waals surface area contributed by atoms with Crippen LogP contribution in [-0.4, -0.2) is 47.4 Å². The molecule has 1 aromatic rings. The van der Waals surface area contributed by atoms with Crippen LogP contribution >= 0.6 is 12.2 Å². The molecule has 2 N–H and O–H groups in total. The van der Waals surface area contributed by atoms with Crippen LogP contribution in [0.5, 0.6) is 0 Å². The van der Waals surface area contributed by atoms with Crippen molar-refractivity contribution in [1.82, 2.24) is 9.80 Å². The largest absolute Gasteiger partial charge is 0.393 e. The zero-order valence-electron chi connectivity index (χ0n) is 12.7. The van der Waals surface area contributed by atoms with Gasteiger partial charge in [-0.3, -0.25) is 4.79 Å². The predicted octanol–water partition coefficient (Wildman–Crippen LogP) is 1.81. The maximum atomic E-state index is 12.8. The molecule has 1 aliphatic heterocycles. The molecule has 0 aromatic heterocycles. The van der Waals surface area contributed by atoms with Crippen LogP contribution in [0.15, 0.2) is 30.3 Å². The number of hydrogen-bond acceptors (Lipinski definition) is 3. The molecule has 4 nitrogen and oxygen atoms in total. The third kappa shape index (κ3) is 3.60. The highest BCUT2D eigenvalue weighted by Crippen LogP contribution is 2.27. The zero-order valence-corrected chi connectivity index (χ0v) is 13.5. The number of thiocarbonyl (C=S) groups is 1. The lowest BCUT2D eigenvalue weighted by Crippen LogP contribution is -2.52. The Hall–Kier alpha value is -1.46. The molecule has 0 saturated carbocycles. The lowest BCUT2D eigenvalue weighted by Gasteiger charge is -2.41. The van der Waals surface area contributed by atoms with Gasteiger partial charge in [0.15, 0.2) is 0 Å². The van der Waals surface area contributed by atoms with Gasteiger partial charge in [-0.2, -0.15) is 0 Å². The van der Waals surface area contributed by atoms with Gasteiger partial charge in [-0.1, -0.05) is 49.5 Å². The van der Waals surface area contributed by atoms with Gasteiger partial charge in [0, 0.05) is 19.6 Å². The molecule has 1 aliphatic rings. The van der Waals surface area contributed by atoms with Crippen LogP contribution in [-0.2, 0) is 4.79 Å². The topological polar surface area (TPSA) is 49.6 Å². The molecule has 1 aromatic carbocycles. The van der Waals surface area contributed by atoms with E-state index in [0.717, 1.165) is 18.7 Å². The number of amides is 1. The van der Waals surface area contributed by atoms with Crippen LogP contribution in [0.1, 0.15) is 24.9 Å². The van der Waals surface area contributed by atoms with Crippen molar-refractivity contribution in [2.75, 3.05) is 26.7 Å². The second kappa shape index (κ2) is 7.00. The van der Waals surface area contributed by atoms with E-state index in [9.17, 15) is 4.79 Å². The molecule has 0 aliphatic carbocycles. The van der Waals surface area contributed by atoms with E-state index >= 15 is 0 Å². The minimum Gasteiger partial charge on any atom is -0.393 e. The van der Waals surface area contributed by atoms with Gasteiger partial charge in [0.2, 0.25) is 5.91 Å². The fourth-order valence-electron chi connectivity index (χ4n) is 2.84. The summed E-state index contributed by atoms with van der Waals surface area (Å²) in [6.45, 7) is 4.38. The van der Waals surface area contributed by atoms with Gasteiger partial charge in [-0.15, -0.1) is 0 Å². The summed E-state index contributed by atoms with van der Waals surface area (Å²) in [5, 5.41) is 0. The highest BCUT2D eigenvalue weighted by molar-refractivity contribution is 7.80. The second-order valence-corrected chi connectivity index (χ2v) is 6.05. The summed E-state index contributed by atoms with van der Waals surface area (Å²) in [6.07, 6.45) is 0.655. The van der Waals surface area contributed by atoms with Crippen LogP contribution in [0.4, 0.5) is 0 Å². The summed E-state index contributed by atoms with van der Waals surface area (Å²) in [6, 6.07) is 10.2. The van der Waals surface area contributed by atoms with Crippen molar-refractivity contribution in [1.29, 1.82) is 0 Å². The van der Waals surface area contributed by atoms with Crippen LogP contribution < -0.4 is 5.73 Å². The molecule has 1 fully saturated rings. The van der Waals surface area contributed by atoms with Crippen LogP contribution in [0.25, 0.3) is 0 Å². The maximum Gasteiger partial charge on any atom is 0.233 e. The lowest BCUT2D eigenvalue weighted by molar-refractivity contribution is -0.138. The SMILES string of the molecule is CCC(C(=O)N1CCN(C)CC1c1ccccc1)C(N)=S. The van der Waals surface area contributed by atoms with Crippen LogP contribution in [0.2, 0.25) is 0 Å². The van der Waals surface area contributed by atoms with Gasteiger partial charge in [0.05, 0.1) is 16.9 Å². The van der Waals surface area contributed by atoms with Crippen molar-refractivity contribution in [3.05, 3.63) is 35.9 Å². The van der Waals surface area contributed by atoms with Crippen LogP contribution in [0, 0.1) is 5.92 Å². The van der Waals surface area contributed by atoms with E-state index in [1.165, 1.54) is 0 Å². The van der Waals surface area contributed by atoms with Crippen molar-refractivity contribution >= 4 is 23.1 Å². The van der Waals surface area contributed by atoms with Gasteiger partial charge in [0.25, 0.3) is 0 Å². The van der Waals surface area contributed by atoms with Gasteiger partial charge in [-0.05, 0) is 19.0 Å². The summed E-state index contributed by atoms with van der Waals surface area (Å²) in [4.78, 5) is 17.3. The van der Waals surface area contributed by atoms with Crippen molar-refractivity contribution < 1.29 is 4.79 Å². The van der Waals surface area contributed by atoms with Crippen molar-refractivity contribution in [2.45, 2.75) is 19.4 Å². The minimum atomic E-state index is -0.352. The van der Waals surface area contributed by atoms with E-state index < -0.39 is 0 Å². The number of nitrogens with two attached hydrogens (primary N) is 1. The summed E-state index contributed by atoms with van der Waals surface area (Å²) < 4.78 is 0. The number of benzene rings is 1. The first-order valence-corrected chi connectivity index (χ1v) is 7.78. The van der Waals surface area contributed by atoms with Crippen molar-refractivity contribution in [2.24, 2.45) is 11.7 Å². The standard InChI is InChI=1S/C16H23N3OS/c1-3-13(15(17)21)16(20)19-10-9-18(2)11-14(19)12-7-5-4-6-8-12/h4-8,13-14H,3,9-11H2,1-2H3,(H2,17,21). The average Bonchev–Trinajstić information content (AvgIpc) is 2.48. The molecule has 0 spiro atoms. The molecular weight excluding hydrogens is 282 g/mol. The fourth-order valence-corrected chi connectivity index (χ4v) is 3.11. The minimum absolute atomic E-state index is 0.0620. The molecule has 2 unspecified atom stereocenters. The van der Waals surface area contributed by atoms with Gasteiger partial charge in [-0.25, -0.2) is 0 Å². The van der Waals surface area contributed by atoms with E-state index in [2.05, 4.69) is 24.1 Å². The summed E-state index contributed by atoms with van der Waals surface area (Å²) >= 11 is 5.06. The third-order valence-corrected chi connectivity index (χ3v) is 4.39. The number of hydrogen-bond donors (Lipinski definition) is 1. The number of piperazine rings is 1. The molecule has 2 atom stereocenters. The summed E-state index contributed by atoms with van der Waals surface area (Å²) in [7, 11) is 2.09. The Morgan fingerprint density at radius 2 is 2.05 bits per heavy atom. The number of carbonyl (C=O) groups excluding carboxylic acids is 1. The molecule has 1 saturated heterocycles. The van der Waals surface area contributed by atoms with E-state index in [1.807, 2.05) is 30.0 Å². The summed E-state index contributed by atoms with van der Waals surface area (Å²) in [5.41, 5.74) is 6.90. The summed E-state index contributed by atoms with van der Waals surface area (Å²) in [5.74, 6) is -0.290. The first kappa shape index (κ1) is 15.9. The molecule has 0 bridgehead atoms. The monoisotopic (exact) mass is 305 g/mol. The highest BCUT2D eigenvalue weighted by Gasteiger charge is 2.34. The zero-order chi connectivity index (χ0) is 15.4. The number of carbonyl (C=O) groups is 1. The Morgan fingerprint density at radius 1 is 1.38 bits per heavy atom. The lowest BCUT2D eigenvalue weighted by atomic mass is 9.98. The molecule has 2 rings (SSSR count). The molecule has 21 heavy (non-hydrogen) atoms. The van der Waals surface area contributed by atoms with E-state index in [4.69, 9.17) is 18.0 Å². The van der Waals surface area contributed by atoms with E-state index in [1.54, 1.807) is 0 Å². The van der Waals surface area contributed by atoms with Gasteiger partial charge >= 0.3 is 0 Å². The number of rotatable bonds is 4. The normalized spacial score (nSPS) is 21.0. The van der Waals surface area contributed by atoms with E-state index in [0.29, 0.717) is 18.0 Å². The molecule has 5 heteroatoms. The van der Waals surface area contributed by atoms with Crippen molar-refractivity contribution in [3.63, 3.8) is 0 Å². The Bertz CT molecular complexity index is 506. The van der Waals surface area contributed by atoms with Crippen molar-refractivity contribution in [3.8, 4) is 0 Å². The third-order valence-electron chi connectivity index (χ3n) is 4.10. The Kier molecular flexibility index (Phi) is 5.31. The fraction of sp³-hybridized carbons (Fsp3) is 0.500. The highest BCUT2D eigenvalue weighted by atomic mass is 32.1. The average molecular weight is 305 g/mol. The Balaban J connectivity index is 2.26. The number of nitrogens with zero attached hydrogens (tertiary/aromatic N) is 2. The predicted molar refractivity (Wildman–Crippen MR) is 89.0 cm³/mol. The molecule has 114 valence electrons. The van der Waals surface area contributed by atoms with E-state index in [-0.39, 0.29) is 17.9 Å². The maximum absolute atomic E-state index is 12.8. The van der Waals surface area contributed by atoms with Gasteiger partial charge in [0.1, 0.15) is 0 Å². The Labute approximate surface area is 131 Å². The molecule has 1 heterocycles. The number of likely N-dealkylation sites (N-methyl/N-ethyl adjacent to an activating group) is 1. The second-order valence-electron chi connectivity index (χ2n) is 5.58. The quantitative estimate of drug-likeness (QED) is 0.862.